The molecule has 52 valence electrons. The van der Waals surface area contributed by atoms with E-state index in [-0.39, 0.29) is 5.78 Å². The van der Waals surface area contributed by atoms with Gasteiger partial charge in [-0.3, -0.25) is 4.79 Å². The van der Waals surface area contributed by atoms with Crippen molar-refractivity contribution in [2.24, 2.45) is 0 Å². The zero-order chi connectivity index (χ0) is 7.40. The van der Waals surface area contributed by atoms with Crippen LogP contribution in [0.2, 0.25) is 6.04 Å². The van der Waals surface area contributed by atoms with Gasteiger partial charge in [0.25, 0.3) is 0 Å². The molecule has 0 N–H and O–H groups in total. The van der Waals surface area contributed by atoms with Gasteiger partial charge in [-0.25, -0.2) is 0 Å². The van der Waals surface area contributed by atoms with Crippen LogP contribution in [0.1, 0.15) is 10.4 Å². The topological polar surface area (TPSA) is 17.1 Å². The Hall–Kier alpha value is -0.893. The first kappa shape index (κ1) is 7.22. The Bertz CT molecular complexity index is 218. The fraction of sp³-hybridized carbons (Fsp3) is 0.125. The number of Topliss-reactive ketones (excluding diaryl/α,β-unsaturated/α-hetero) is 1. The molecule has 0 amide bonds. The van der Waals surface area contributed by atoms with E-state index in [1.165, 1.54) is 0 Å². The highest BCUT2D eigenvalue weighted by atomic mass is 28.1. The molecule has 0 fully saturated rings. The van der Waals surface area contributed by atoms with Gasteiger partial charge in [-0.15, -0.1) is 0 Å². The Morgan fingerprint density at radius 3 is 2.40 bits per heavy atom. The van der Waals surface area contributed by atoms with Crippen LogP contribution < -0.4 is 0 Å². The standard InChI is InChI=1S/C8H10OSi/c9-8(6-10)7-4-2-1-3-5-7/h1-5H,6H2,10H3. The van der Waals surface area contributed by atoms with E-state index < -0.39 is 0 Å². The summed E-state index contributed by atoms with van der Waals surface area (Å²) < 4.78 is 0. The monoisotopic (exact) mass is 150 g/mol. The molecule has 1 aromatic rings. The van der Waals surface area contributed by atoms with Crippen molar-refractivity contribution in [1.82, 2.24) is 0 Å². The molecule has 0 aliphatic rings. The summed E-state index contributed by atoms with van der Waals surface area (Å²) in [6.45, 7) is 0. The number of benzene rings is 1. The Morgan fingerprint density at radius 1 is 1.30 bits per heavy atom. The van der Waals surface area contributed by atoms with Gasteiger partial charge in [-0.1, -0.05) is 30.3 Å². The van der Waals surface area contributed by atoms with Crippen LogP contribution >= 0.6 is 0 Å². The Kier molecular flexibility index (Phi) is 2.40. The minimum Gasteiger partial charge on any atom is -0.295 e. The summed E-state index contributed by atoms with van der Waals surface area (Å²) in [4.78, 5) is 11.0. The van der Waals surface area contributed by atoms with Crippen molar-refractivity contribution in [3.05, 3.63) is 35.9 Å². The highest BCUT2D eigenvalue weighted by Gasteiger charge is 1.98. The maximum absolute atomic E-state index is 11.0. The molecule has 0 saturated heterocycles. The third-order valence-electron chi connectivity index (χ3n) is 1.42. The van der Waals surface area contributed by atoms with Crippen molar-refractivity contribution < 1.29 is 4.79 Å². The van der Waals surface area contributed by atoms with Crippen LogP contribution in [0.25, 0.3) is 0 Å². The number of ketones is 1. The van der Waals surface area contributed by atoms with E-state index in [1.54, 1.807) is 0 Å². The smallest absolute Gasteiger partial charge is 0.159 e. The normalized spacial score (nSPS) is 9.60. The zero-order valence-corrected chi connectivity index (χ0v) is 8.00. The average molecular weight is 150 g/mol. The van der Waals surface area contributed by atoms with Gasteiger partial charge >= 0.3 is 0 Å². The molecule has 0 unspecified atom stereocenters. The van der Waals surface area contributed by atoms with E-state index in [0.717, 1.165) is 21.9 Å². The SMILES string of the molecule is O=C(C[SiH3])c1ccccc1. The molecule has 0 spiro atoms. The molecule has 0 aromatic heterocycles. The number of carbonyl (C=O) groups is 1. The lowest BCUT2D eigenvalue weighted by molar-refractivity contribution is 0.101. The van der Waals surface area contributed by atoms with Gasteiger partial charge in [-0.2, -0.15) is 0 Å². The molecule has 0 heterocycles. The lowest BCUT2D eigenvalue weighted by Crippen LogP contribution is -1.95. The van der Waals surface area contributed by atoms with Crippen molar-refractivity contribution in [2.75, 3.05) is 0 Å². The number of rotatable bonds is 2. The second kappa shape index (κ2) is 3.32. The average Bonchev–Trinajstić information content (AvgIpc) is 2.05. The van der Waals surface area contributed by atoms with Gasteiger partial charge in [-0.05, 0) is 6.04 Å². The molecule has 0 saturated carbocycles. The molecule has 0 atom stereocenters. The zero-order valence-electron chi connectivity index (χ0n) is 6.00. The molecular weight excluding hydrogens is 140 g/mol. The highest BCUT2D eigenvalue weighted by Crippen LogP contribution is 2.00. The van der Waals surface area contributed by atoms with Crippen LogP contribution in [0.4, 0.5) is 0 Å². The van der Waals surface area contributed by atoms with Crippen molar-refractivity contribution in [3.8, 4) is 0 Å². The second-order valence-electron chi connectivity index (χ2n) is 2.14. The summed E-state index contributed by atoms with van der Waals surface area (Å²) in [5, 5.41) is 0. The van der Waals surface area contributed by atoms with E-state index in [4.69, 9.17) is 0 Å². The quantitative estimate of drug-likeness (QED) is 0.447. The van der Waals surface area contributed by atoms with Crippen LogP contribution in [-0.4, -0.2) is 16.0 Å². The Morgan fingerprint density at radius 2 is 1.90 bits per heavy atom. The predicted molar refractivity (Wildman–Crippen MR) is 45.5 cm³/mol. The summed E-state index contributed by atoms with van der Waals surface area (Å²) >= 11 is 0. The van der Waals surface area contributed by atoms with Crippen molar-refractivity contribution >= 4 is 16.0 Å². The first-order valence-electron chi connectivity index (χ1n) is 3.43. The number of carbonyl (C=O) groups excluding carboxylic acids is 1. The Labute approximate surface area is 63.5 Å². The van der Waals surface area contributed by atoms with Gasteiger partial charge in [0, 0.05) is 15.8 Å². The first-order chi connectivity index (χ1) is 4.84. The van der Waals surface area contributed by atoms with Gasteiger partial charge in [0.1, 0.15) is 0 Å². The number of hydrogen-bond donors (Lipinski definition) is 0. The summed E-state index contributed by atoms with van der Waals surface area (Å²) in [5.41, 5.74) is 0.845. The summed E-state index contributed by atoms with van der Waals surface area (Å²) in [6.07, 6.45) is 0. The first-order valence-corrected chi connectivity index (χ1v) is 4.84. The lowest BCUT2D eigenvalue weighted by Gasteiger charge is -1.93. The van der Waals surface area contributed by atoms with E-state index in [1.807, 2.05) is 30.3 Å². The molecule has 10 heavy (non-hydrogen) atoms. The fourth-order valence-electron chi connectivity index (χ4n) is 0.828. The van der Waals surface area contributed by atoms with Gasteiger partial charge < -0.3 is 0 Å². The van der Waals surface area contributed by atoms with Crippen molar-refractivity contribution in [2.45, 2.75) is 6.04 Å². The maximum atomic E-state index is 11.0. The van der Waals surface area contributed by atoms with Gasteiger partial charge in [0.15, 0.2) is 5.78 Å². The van der Waals surface area contributed by atoms with E-state index in [2.05, 4.69) is 0 Å². The molecular formula is C8H10OSi. The molecule has 2 heteroatoms. The van der Waals surface area contributed by atoms with E-state index in [0.29, 0.717) is 0 Å². The number of hydrogen-bond acceptors (Lipinski definition) is 1. The Balaban J connectivity index is 2.85. The lowest BCUT2D eigenvalue weighted by atomic mass is 10.2. The van der Waals surface area contributed by atoms with Crippen LogP contribution in [0, 0.1) is 0 Å². The largest absolute Gasteiger partial charge is 0.295 e. The van der Waals surface area contributed by atoms with Crippen LogP contribution in [0.3, 0.4) is 0 Å². The molecule has 1 rings (SSSR count). The third-order valence-corrected chi connectivity index (χ3v) is 2.06. The van der Waals surface area contributed by atoms with Crippen molar-refractivity contribution in [1.29, 1.82) is 0 Å². The van der Waals surface area contributed by atoms with Gasteiger partial charge in [0.2, 0.25) is 0 Å². The summed E-state index contributed by atoms with van der Waals surface area (Å²) in [7, 11) is 0.958. The molecule has 0 aliphatic heterocycles. The molecule has 1 nitrogen and oxygen atoms in total. The van der Waals surface area contributed by atoms with E-state index in [9.17, 15) is 4.79 Å². The van der Waals surface area contributed by atoms with Crippen LogP contribution in [0.5, 0.6) is 0 Å². The maximum Gasteiger partial charge on any atom is 0.159 e. The summed E-state index contributed by atoms with van der Waals surface area (Å²) in [5.74, 6) is 0.271. The fourth-order valence-corrected chi connectivity index (χ4v) is 1.24. The van der Waals surface area contributed by atoms with E-state index >= 15 is 0 Å². The molecule has 0 aliphatic carbocycles. The third kappa shape index (κ3) is 1.54. The van der Waals surface area contributed by atoms with Gasteiger partial charge in [0.05, 0.1) is 0 Å². The van der Waals surface area contributed by atoms with Crippen LogP contribution in [-0.2, 0) is 0 Å². The minimum atomic E-state index is 0.271. The van der Waals surface area contributed by atoms with Crippen molar-refractivity contribution in [3.63, 3.8) is 0 Å². The second-order valence-corrected chi connectivity index (χ2v) is 2.85. The highest BCUT2D eigenvalue weighted by molar-refractivity contribution is 6.23. The predicted octanol–water partition coefficient (Wildman–Crippen LogP) is 0.653. The minimum absolute atomic E-state index is 0.271. The summed E-state index contributed by atoms with van der Waals surface area (Å²) in [6, 6.07) is 10.2. The molecule has 0 bridgehead atoms. The molecule has 0 radical (unpaired) electrons. The van der Waals surface area contributed by atoms with Crippen LogP contribution in [0.15, 0.2) is 30.3 Å². The molecule has 1 aromatic carbocycles.